The van der Waals surface area contributed by atoms with Gasteiger partial charge in [-0.2, -0.15) is 0 Å². The number of likely N-dealkylation sites (tertiary alicyclic amines) is 1. The maximum absolute atomic E-state index is 13.2. The minimum Gasteiger partial charge on any atom is -0.370 e. The van der Waals surface area contributed by atoms with Gasteiger partial charge in [-0.25, -0.2) is 0 Å². The average Bonchev–Trinajstić information content (AvgIpc) is 2.73. The van der Waals surface area contributed by atoms with E-state index < -0.39 is 17.9 Å². The number of benzene rings is 1. The highest BCUT2D eigenvalue weighted by molar-refractivity contribution is 5.98. The van der Waals surface area contributed by atoms with E-state index in [0.717, 1.165) is 12.1 Å². The molecule has 8 nitrogen and oxygen atoms in total. The molecule has 1 saturated heterocycles. The smallest absolute Gasteiger partial charge is 0.251 e. The number of fused-ring (bicyclic) bond motifs is 4. The van der Waals surface area contributed by atoms with Crippen molar-refractivity contribution in [2.24, 2.45) is 11.7 Å². The molecule has 2 aliphatic heterocycles. The van der Waals surface area contributed by atoms with Gasteiger partial charge in [-0.05, 0) is 30.5 Å². The van der Waals surface area contributed by atoms with Gasteiger partial charge < -0.3 is 20.5 Å². The molecule has 3 unspecified atom stereocenters. The predicted octanol–water partition coefficient (Wildman–Crippen LogP) is 0.468. The number of carbonyl (C=O) groups is 3. The molecule has 156 valence electrons. The summed E-state index contributed by atoms with van der Waals surface area (Å²) in [6, 6.07) is 12.7. The first-order chi connectivity index (χ1) is 14.4. The van der Waals surface area contributed by atoms with Gasteiger partial charge in [0.1, 0.15) is 6.04 Å². The van der Waals surface area contributed by atoms with E-state index in [1.165, 1.54) is 0 Å². The maximum atomic E-state index is 13.2. The van der Waals surface area contributed by atoms with Crippen LogP contribution in [0.15, 0.2) is 53.3 Å². The SMILES string of the molecule is NC(=O)CC(NC(=O)c1ccccc1)C(=O)N1CC2CC(C1)c1cccc(=O)n1C2. The first-order valence-electron chi connectivity index (χ1n) is 10.0. The number of aromatic nitrogens is 1. The largest absolute Gasteiger partial charge is 0.370 e. The number of hydrogen-bond donors (Lipinski definition) is 2. The van der Waals surface area contributed by atoms with E-state index in [0.29, 0.717) is 25.2 Å². The van der Waals surface area contributed by atoms with Crippen LogP contribution in [-0.4, -0.2) is 46.3 Å². The normalized spacial score (nSPS) is 20.7. The average molecular weight is 408 g/mol. The Bertz CT molecular complexity index is 1030. The molecule has 4 rings (SSSR count). The number of hydrogen-bond acceptors (Lipinski definition) is 4. The second-order valence-electron chi connectivity index (χ2n) is 8.00. The Morgan fingerprint density at radius 3 is 2.53 bits per heavy atom. The third kappa shape index (κ3) is 3.98. The topological polar surface area (TPSA) is 114 Å². The van der Waals surface area contributed by atoms with Gasteiger partial charge in [0.25, 0.3) is 11.5 Å². The second kappa shape index (κ2) is 8.14. The van der Waals surface area contributed by atoms with Gasteiger partial charge in [0.15, 0.2) is 0 Å². The minimum absolute atomic E-state index is 0.0243. The number of nitrogens with two attached hydrogens (primary N) is 1. The van der Waals surface area contributed by atoms with Crippen LogP contribution >= 0.6 is 0 Å². The van der Waals surface area contributed by atoms with E-state index >= 15 is 0 Å². The summed E-state index contributed by atoms with van der Waals surface area (Å²) in [6.45, 7) is 1.48. The quantitative estimate of drug-likeness (QED) is 0.748. The number of carbonyl (C=O) groups excluding carboxylic acids is 3. The van der Waals surface area contributed by atoms with E-state index in [1.807, 2.05) is 6.07 Å². The number of nitrogens with one attached hydrogen (secondary N) is 1. The molecule has 3 N–H and O–H groups in total. The molecule has 0 radical (unpaired) electrons. The molecule has 0 aliphatic carbocycles. The van der Waals surface area contributed by atoms with Crippen molar-refractivity contribution in [1.82, 2.24) is 14.8 Å². The lowest BCUT2D eigenvalue weighted by Gasteiger charge is -2.43. The van der Waals surface area contributed by atoms with Crippen molar-refractivity contribution in [2.75, 3.05) is 13.1 Å². The molecular formula is C22H24N4O4. The van der Waals surface area contributed by atoms with Crippen LogP contribution in [0.5, 0.6) is 0 Å². The van der Waals surface area contributed by atoms with Crippen LogP contribution in [0.4, 0.5) is 0 Å². The van der Waals surface area contributed by atoms with E-state index in [-0.39, 0.29) is 29.7 Å². The lowest BCUT2D eigenvalue weighted by molar-refractivity contribution is -0.137. The fourth-order valence-corrected chi connectivity index (χ4v) is 4.53. The van der Waals surface area contributed by atoms with E-state index in [2.05, 4.69) is 5.32 Å². The van der Waals surface area contributed by atoms with E-state index in [4.69, 9.17) is 5.73 Å². The van der Waals surface area contributed by atoms with Gasteiger partial charge in [-0.15, -0.1) is 0 Å². The second-order valence-corrected chi connectivity index (χ2v) is 8.00. The van der Waals surface area contributed by atoms with Crippen LogP contribution in [-0.2, 0) is 16.1 Å². The number of primary amides is 1. The zero-order valence-electron chi connectivity index (χ0n) is 16.5. The summed E-state index contributed by atoms with van der Waals surface area (Å²) in [5.74, 6) is -1.20. The lowest BCUT2D eigenvalue weighted by atomic mass is 9.83. The number of piperidine rings is 1. The summed E-state index contributed by atoms with van der Waals surface area (Å²) in [4.78, 5) is 51.2. The van der Waals surface area contributed by atoms with Crippen LogP contribution in [0.3, 0.4) is 0 Å². The van der Waals surface area contributed by atoms with Gasteiger partial charge in [-0.3, -0.25) is 19.2 Å². The third-order valence-electron chi connectivity index (χ3n) is 5.84. The Balaban J connectivity index is 1.53. The van der Waals surface area contributed by atoms with Crippen molar-refractivity contribution < 1.29 is 14.4 Å². The number of amides is 3. The van der Waals surface area contributed by atoms with Crippen LogP contribution < -0.4 is 16.6 Å². The molecule has 8 heteroatoms. The Labute approximate surface area is 173 Å². The lowest BCUT2D eigenvalue weighted by Crippen LogP contribution is -2.55. The Morgan fingerprint density at radius 2 is 1.80 bits per heavy atom. The third-order valence-corrected chi connectivity index (χ3v) is 5.84. The summed E-state index contributed by atoms with van der Waals surface area (Å²) in [5, 5.41) is 2.67. The van der Waals surface area contributed by atoms with Gasteiger partial charge in [0, 0.05) is 42.9 Å². The molecule has 3 atom stereocenters. The van der Waals surface area contributed by atoms with Crippen molar-refractivity contribution in [2.45, 2.75) is 31.3 Å². The van der Waals surface area contributed by atoms with Crippen LogP contribution in [0.2, 0.25) is 0 Å². The Hall–Kier alpha value is -3.42. The highest BCUT2D eigenvalue weighted by Crippen LogP contribution is 2.35. The molecule has 1 fully saturated rings. The van der Waals surface area contributed by atoms with Gasteiger partial charge >= 0.3 is 0 Å². The van der Waals surface area contributed by atoms with Crippen molar-refractivity contribution in [3.63, 3.8) is 0 Å². The molecule has 3 heterocycles. The zero-order chi connectivity index (χ0) is 21.3. The summed E-state index contributed by atoms with van der Waals surface area (Å²) < 4.78 is 1.79. The molecular weight excluding hydrogens is 384 g/mol. The highest BCUT2D eigenvalue weighted by atomic mass is 16.2. The first-order valence-corrected chi connectivity index (χ1v) is 10.0. The van der Waals surface area contributed by atoms with Gasteiger partial charge in [0.05, 0.1) is 6.42 Å². The minimum atomic E-state index is -1.02. The summed E-state index contributed by atoms with van der Waals surface area (Å²) in [6.07, 6.45) is 0.642. The Kier molecular flexibility index (Phi) is 5.39. The van der Waals surface area contributed by atoms with Crippen molar-refractivity contribution in [1.29, 1.82) is 0 Å². The molecule has 1 aromatic carbocycles. The number of pyridine rings is 1. The van der Waals surface area contributed by atoms with Crippen molar-refractivity contribution in [3.05, 3.63) is 70.1 Å². The molecule has 1 aromatic heterocycles. The van der Waals surface area contributed by atoms with Gasteiger partial charge in [0.2, 0.25) is 11.8 Å². The van der Waals surface area contributed by atoms with Crippen LogP contribution in [0, 0.1) is 5.92 Å². The first kappa shape index (κ1) is 19.9. The standard InChI is InChI=1S/C22H24N4O4/c23-19(27)10-17(24-21(29)15-5-2-1-3-6-15)22(30)25-11-14-9-16(13-25)18-7-4-8-20(28)26(18)12-14/h1-8,14,16-17H,9-13H2,(H2,23,27)(H,24,29). The highest BCUT2D eigenvalue weighted by Gasteiger charge is 2.38. The van der Waals surface area contributed by atoms with Crippen LogP contribution in [0.1, 0.15) is 34.8 Å². The predicted molar refractivity (Wildman–Crippen MR) is 110 cm³/mol. The number of rotatable bonds is 5. The zero-order valence-corrected chi connectivity index (χ0v) is 16.5. The molecule has 2 aliphatic rings. The van der Waals surface area contributed by atoms with Crippen molar-refractivity contribution in [3.8, 4) is 0 Å². The van der Waals surface area contributed by atoms with E-state index in [9.17, 15) is 19.2 Å². The maximum Gasteiger partial charge on any atom is 0.251 e. The molecule has 0 saturated carbocycles. The fourth-order valence-electron chi connectivity index (χ4n) is 4.53. The summed E-state index contributed by atoms with van der Waals surface area (Å²) in [7, 11) is 0. The van der Waals surface area contributed by atoms with Crippen molar-refractivity contribution >= 4 is 17.7 Å². The monoisotopic (exact) mass is 408 g/mol. The summed E-state index contributed by atoms with van der Waals surface area (Å²) in [5.41, 5.74) is 6.66. The summed E-state index contributed by atoms with van der Waals surface area (Å²) >= 11 is 0. The van der Waals surface area contributed by atoms with Gasteiger partial charge in [-0.1, -0.05) is 24.3 Å². The molecule has 30 heavy (non-hydrogen) atoms. The van der Waals surface area contributed by atoms with E-state index in [1.54, 1.807) is 51.9 Å². The molecule has 3 amide bonds. The molecule has 2 bridgehead atoms. The van der Waals surface area contributed by atoms with Crippen LogP contribution in [0.25, 0.3) is 0 Å². The number of nitrogens with zero attached hydrogens (tertiary/aromatic N) is 2. The fraction of sp³-hybridized carbons (Fsp3) is 0.364. The molecule has 0 spiro atoms. The molecule has 2 aromatic rings. The Morgan fingerprint density at radius 1 is 1.03 bits per heavy atom.